The Labute approximate surface area is 134 Å². The van der Waals surface area contributed by atoms with Crippen LogP contribution in [0.2, 0.25) is 0 Å². The van der Waals surface area contributed by atoms with E-state index in [2.05, 4.69) is 21.2 Å². The van der Waals surface area contributed by atoms with Crippen LogP contribution in [0.5, 0.6) is 0 Å². The quantitative estimate of drug-likeness (QED) is 0.712. The van der Waals surface area contributed by atoms with Crippen LogP contribution < -0.4 is 5.32 Å². The van der Waals surface area contributed by atoms with E-state index in [1.807, 2.05) is 23.8 Å². The number of hydrogen-bond donors (Lipinski definition) is 1. The van der Waals surface area contributed by atoms with Gasteiger partial charge in [-0.05, 0) is 59.1 Å². The van der Waals surface area contributed by atoms with Crippen LogP contribution in [0.15, 0.2) is 39.5 Å². The van der Waals surface area contributed by atoms with E-state index >= 15 is 0 Å². The molecule has 1 unspecified atom stereocenters. The van der Waals surface area contributed by atoms with Gasteiger partial charge in [0.15, 0.2) is 0 Å². The molecule has 1 nitrogen and oxygen atoms in total. The molecule has 0 radical (unpaired) electrons. The third-order valence-corrected chi connectivity index (χ3v) is 4.53. The predicted molar refractivity (Wildman–Crippen MR) is 83.6 cm³/mol. The lowest BCUT2D eigenvalue weighted by Gasteiger charge is -2.21. The lowest BCUT2D eigenvalue weighted by molar-refractivity contribution is -0.137. The average Bonchev–Trinajstić information content (AvgIpc) is 2.93. The normalized spacial score (nSPS) is 13.4. The number of rotatable bonds is 5. The first-order chi connectivity index (χ1) is 9.93. The van der Waals surface area contributed by atoms with Crippen molar-refractivity contribution < 1.29 is 13.2 Å². The zero-order chi connectivity index (χ0) is 15.5. The van der Waals surface area contributed by atoms with Crippen LogP contribution in [0.3, 0.4) is 0 Å². The second-order valence-corrected chi connectivity index (χ2v) is 6.31. The number of halogens is 4. The number of benzene rings is 1. The van der Waals surface area contributed by atoms with Crippen LogP contribution in [0.25, 0.3) is 0 Å². The topological polar surface area (TPSA) is 12.0 Å². The first-order valence-corrected chi connectivity index (χ1v) is 8.29. The summed E-state index contributed by atoms with van der Waals surface area (Å²) < 4.78 is 39.4. The molecule has 6 heteroatoms. The molecule has 0 aliphatic rings. The van der Waals surface area contributed by atoms with Crippen LogP contribution in [-0.2, 0) is 6.18 Å². The molecule has 0 bridgehead atoms. The Balaban J connectivity index is 2.44. The standard InChI is InChI=1S/C15H15BrF3NS/c1-2-6-20-14(10-5-7-21-9-10)12-8-11(15(17,18)19)3-4-13(12)16/h3-5,7-9,14,20H,2,6H2,1H3. The van der Waals surface area contributed by atoms with Crippen LogP contribution in [0.1, 0.15) is 36.1 Å². The van der Waals surface area contributed by atoms with Crippen molar-refractivity contribution in [2.45, 2.75) is 25.6 Å². The molecule has 1 aromatic carbocycles. The zero-order valence-electron chi connectivity index (χ0n) is 11.4. The monoisotopic (exact) mass is 377 g/mol. The number of thiophene rings is 1. The fraction of sp³-hybridized carbons (Fsp3) is 0.333. The molecule has 114 valence electrons. The highest BCUT2D eigenvalue weighted by Gasteiger charge is 2.31. The molecule has 0 saturated carbocycles. The fourth-order valence-corrected chi connectivity index (χ4v) is 3.24. The van der Waals surface area contributed by atoms with E-state index in [1.165, 1.54) is 23.5 Å². The first kappa shape index (κ1) is 16.5. The van der Waals surface area contributed by atoms with E-state index in [1.54, 1.807) is 0 Å². The van der Waals surface area contributed by atoms with Gasteiger partial charge in [0.1, 0.15) is 0 Å². The van der Waals surface area contributed by atoms with Gasteiger partial charge in [0.25, 0.3) is 0 Å². The minimum atomic E-state index is -4.33. The third-order valence-electron chi connectivity index (χ3n) is 3.11. The minimum absolute atomic E-state index is 0.243. The summed E-state index contributed by atoms with van der Waals surface area (Å²) in [5.74, 6) is 0. The predicted octanol–water partition coefficient (Wildman–Crippen LogP) is 5.62. The summed E-state index contributed by atoms with van der Waals surface area (Å²) in [6, 6.07) is 5.47. The molecule has 1 aromatic heterocycles. The van der Waals surface area contributed by atoms with E-state index in [0.717, 1.165) is 24.6 Å². The Kier molecular flexibility index (Phi) is 5.46. The van der Waals surface area contributed by atoms with Gasteiger partial charge in [-0.25, -0.2) is 0 Å². The molecule has 2 rings (SSSR count). The molecule has 21 heavy (non-hydrogen) atoms. The van der Waals surface area contributed by atoms with E-state index in [9.17, 15) is 13.2 Å². The smallest absolute Gasteiger partial charge is 0.306 e. The molecular weight excluding hydrogens is 363 g/mol. The number of alkyl halides is 3. The van der Waals surface area contributed by atoms with Crippen molar-refractivity contribution >= 4 is 27.3 Å². The highest BCUT2D eigenvalue weighted by molar-refractivity contribution is 9.10. The molecule has 0 amide bonds. The van der Waals surface area contributed by atoms with Crippen LogP contribution in [-0.4, -0.2) is 6.54 Å². The molecule has 0 aliphatic heterocycles. The average molecular weight is 378 g/mol. The Bertz CT molecular complexity index is 581. The van der Waals surface area contributed by atoms with Gasteiger partial charge in [-0.1, -0.05) is 22.9 Å². The van der Waals surface area contributed by atoms with Gasteiger partial charge >= 0.3 is 6.18 Å². The minimum Gasteiger partial charge on any atom is -0.306 e. The lowest BCUT2D eigenvalue weighted by atomic mass is 9.99. The Morgan fingerprint density at radius 2 is 2.05 bits per heavy atom. The Hall–Kier alpha value is -0.850. The maximum absolute atomic E-state index is 12.9. The molecule has 0 fully saturated rings. The Morgan fingerprint density at radius 3 is 2.62 bits per heavy atom. The van der Waals surface area contributed by atoms with Gasteiger partial charge in [-0.2, -0.15) is 24.5 Å². The van der Waals surface area contributed by atoms with E-state index in [0.29, 0.717) is 10.0 Å². The summed E-state index contributed by atoms with van der Waals surface area (Å²) >= 11 is 4.91. The molecule has 1 N–H and O–H groups in total. The van der Waals surface area contributed by atoms with Crippen molar-refractivity contribution in [3.8, 4) is 0 Å². The van der Waals surface area contributed by atoms with Crippen molar-refractivity contribution in [3.63, 3.8) is 0 Å². The van der Waals surface area contributed by atoms with Crippen molar-refractivity contribution in [2.24, 2.45) is 0 Å². The van der Waals surface area contributed by atoms with Gasteiger partial charge in [-0.3, -0.25) is 0 Å². The first-order valence-electron chi connectivity index (χ1n) is 6.55. The molecule has 0 spiro atoms. The summed E-state index contributed by atoms with van der Waals surface area (Å²) in [5.41, 5.74) is 0.962. The summed E-state index contributed by atoms with van der Waals surface area (Å²) in [5, 5.41) is 7.20. The lowest BCUT2D eigenvalue weighted by Crippen LogP contribution is -2.23. The number of hydrogen-bond acceptors (Lipinski definition) is 2. The van der Waals surface area contributed by atoms with Crippen LogP contribution in [0, 0.1) is 0 Å². The van der Waals surface area contributed by atoms with Crippen molar-refractivity contribution in [2.75, 3.05) is 6.54 Å². The van der Waals surface area contributed by atoms with Crippen molar-refractivity contribution in [3.05, 3.63) is 56.2 Å². The van der Waals surface area contributed by atoms with Crippen LogP contribution >= 0.6 is 27.3 Å². The van der Waals surface area contributed by atoms with Gasteiger partial charge in [0.2, 0.25) is 0 Å². The van der Waals surface area contributed by atoms with Gasteiger partial charge < -0.3 is 5.32 Å². The van der Waals surface area contributed by atoms with Gasteiger partial charge in [-0.15, -0.1) is 0 Å². The second kappa shape index (κ2) is 6.94. The van der Waals surface area contributed by atoms with Gasteiger partial charge in [0, 0.05) is 4.47 Å². The SMILES string of the molecule is CCCNC(c1ccsc1)c1cc(C(F)(F)F)ccc1Br. The summed E-state index contributed by atoms with van der Waals surface area (Å²) in [6.07, 6.45) is -3.42. The Morgan fingerprint density at radius 1 is 1.29 bits per heavy atom. The number of nitrogens with one attached hydrogen (secondary N) is 1. The highest BCUT2D eigenvalue weighted by atomic mass is 79.9. The summed E-state index contributed by atoms with van der Waals surface area (Å²) in [4.78, 5) is 0. The van der Waals surface area contributed by atoms with Crippen molar-refractivity contribution in [1.82, 2.24) is 5.32 Å². The van der Waals surface area contributed by atoms with E-state index < -0.39 is 11.7 Å². The van der Waals surface area contributed by atoms with Gasteiger partial charge in [0.05, 0.1) is 11.6 Å². The third kappa shape index (κ3) is 4.08. The second-order valence-electron chi connectivity index (χ2n) is 4.68. The molecule has 1 atom stereocenters. The molecule has 0 saturated heterocycles. The highest BCUT2D eigenvalue weighted by Crippen LogP contribution is 2.36. The fourth-order valence-electron chi connectivity index (χ4n) is 2.08. The van der Waals surface area contributed by atoms with Crippen LogP contribution in [0.4, 0.5) is 13.2 Å². The van der Waals surface area contributed by atoms with E-state index in [4.69, 9.17) is 0 Å². The zero-order valence-corrected chi connectivity index (χ0v) is 13.8. The largest absolute Gasteiger partial charge is 0.416 e. The van der Waals surface area contributed by atoms with E-state index in [-0.39, 0.29) is 6.04 Å². The summed E-state index contributed by atoms with van der Waals surface area (Å²) in [6.45, 7) is 2.77. The maximum atomic E-state index is 12.9. The molecular formula is C15H15BrF3NS. The molecule has 1 heterocycles. The van der Waals surface area contributed by atoms with Crippen molar-refractivity contribution in [1.29, 1.82) is 0 Å². The summed E-state index contributed by atoms with van der Waals surface area (Å²) in [7, 11) is 0. The molecule has 0 aliphatic carbocycles. The molecule has 2 aromatic rings. The maximum Gasteiger partial charge on any atom is 0.416 e.